The van der Waals surface area contributed by atoms with Crippen LogP contribution in [0.4, 0.5) is 0 Å². The molecule has 2 aromatic rings. The lowest BCUT2D eigenvalue weighted by Crippen LogP contribution is -2.05. The average Bonchev–Trinajstić information content (AvgIpc) is 2.45. The molecule has 0 unspecified atom stereocenters. The van der Waals surface area contributed by atoms with Crippen molar-refractivity contribution in [1.29, 1.82) is 0 Å². The lowest BCUT2D eigenvalue weighted by atomic mass is 10.1. The predicted octanol–water partition coefficient (Wildman–Crippen LogP) is 3.36. The van der Waals surface area contributed by atoms with Crippen molar-refractivity contribution < 1.29 is 14.3 Å². The van der Waals surface area contributed by atoms with Crippen molar-refractivity contribution in [1.82, 2.24) is 0 Å². The Hall–Kier alpha value is -2.29. The Morgan fingerprint density at radius 2 is 1.89 bits per heavy atom. The van der Waals surface area contributed by atoms with Crippen LogP contribution in [0.5, 0.6) is 5.75 Å². The molecule has 0 radical (unpaired) electrons. The summed E-state index contributed by atoms with van der Waals surface area (Å²) in [6.07, 6.45) is 0. The van der Waals surface area contributed by atoms with Crippen LogP contribution >= 0.6 is 0 Å². The van der Waals surface area contributed by atoms with Crippen LogP contribution in [0.25, 0.3) is 0 Å². The summed E-state index contributed by atoms with van der Waals surface area (Å²) in [7, 11) is 1.36. The van der Waals surface area contributed by atoms with E-state index in [1.807, 2.05) is 31.2 Å². The number of rotatable bonds is 4. The second kappa shape index (κ2) is 6.05. The van der Waals surface area contributed by atoms with Gasteiger partial charge >= 0.3 is 5.97 Å². The normalized spacial score (nSPS) is 10.0. The van der Waals surface area contributed by atoms with Gasteiger partial charge in [0, 0.05) is 0 Å². The molecule has 0 fully saturated rings. The van der Waals surface area contributed by atoms with E-state index in [-0.39, 0.29) is 5.97 Å². The number of aryl methyl sites for hydroxylation is 1. The van der Waals surface area contributed by atoms with E-state index in [1.165, 1.54) is 12.7 Å². The van der Waals surface area contributed by atoms with Crippen LogP contribution in [-0.4, -0.2) is 13.1 Å². The molecular weight excluding hydrogens is 240 g/mol. The Kier molecular flexibility index (Phi) is 4.18. The van der Waals surface area contributed by atoms with Crippen molar-refractivity contribution in [2.24, 2.45) is 0 Å². The van der Waals surface area contributed by atoms with Gasteiger partial charge < -0.3 is 9.47 Å². The van der Waals surface area contributed by atoms with Gasteiger partial charge in [0.25, 0.3) is 0 Å². The van der Waals surface area contributed by atoms with Crippen LogP contribution in [0.3, 0.4) is 0 Å². The molecule has 0 aliphatic carbocycles. The van der Waals surface area contributed by atoms with Crippen LogP contribution in [0.1, 0.15) is 21.5 Å². The zero-order chi connectivity index (χ0) is 13.7. The van der Waals surface area contributed by atoms with Gasteiger partial charge in [-0.1, -0.05) is 42.0 Å². The molecule has 0 bridgehead atoms. The van der Waals surface area contributed by atoms with Gasteiger partial charge in [-0.25, -0.2) is 4.79 Å². The molecular formula is C16H16O3. The number of carbonyl (C=O) groups excluding carboxylic acids is 1. The van der Waals surface area contributed by atoms with Crippen LogP contribution < -0.4 is 4.74 Å². The molecule has 0 aromatic heterocycles. The van der Waals surface area contributed by atoms with Crippen molar-refractivity contribution in [3.05, 3.63) is 65.2 Å². The summed E-state index contributed by atoms with van der Waals surface area (Å²) in [4.78, 5) is 11.6. The van der Waals surface area contributed by atoms with Crippen LogP contribution in [0.2, 0.25) is 0 Å². The van der Waals surface area contributed by atoms with Crippen molar-refractivity contribution in [3.8, 4) is 5.75 Å². The SMILES string of the molecule is COC(=O)c1ccccc1OCc1cccc(C)c1. The number of hydrogen-bond acceptors (Lipinski definition) is 3. The maximum Gasteiger partial charge on any atom is 0.341 e. The minimum absolute atomic E-state index is 0.389. The van der Waals surface area contributed by atoms with Crippen molar-refractivity contribution in [3.63, 3.8) is 0 Å². The highest BCUT2D eigenvalue weighted by Crippen LogP contribution is 2.20. The third-order valence-electron chi connectivity index (χ3n) is 2.77. The van der Waals surface area contributed by atoms with E-state index in [9.17, 15) is 4.79 Å². The first kappa shape index (κ1) is 13.1. The first-order valence-corrected chi connectivity index (χ1v) is 6.06. The standard InChI is InChI=1S/C16H16O3/c1-12-6-5-7-13(10-12)11-19-15-9-4-3-8-14(15)16(17)18-2/h3-10H,11H2,1-2H3. The van der Waals surface area contributed by atoms with Gasteiger partial charge in [0.1, 0.15) is 17.9 Å². The summed E-state index contributed by atoms with van der Waals surface area (Å²) in [5.41, 5.74) is 2.69. The summed E-state index contributed by atoms with van der Waals surface area (Å²) in [6, 6.07) is 15.1. The van der Waals surface area contributed by atoms with Gasteiger partial charge in [0.2, 0.25) is 0 Å². The third-order valence-corrected chi connectivity index (χ3v) is 2.77. The first-order chi connectivity index (χ1) is 9.20. The zero-order valence-corrected chi connectivity index (χ0v) is 11.1. The van der Waals surface area contributed by atoms with Crippen molar-refractivity contribution in [2.75, 3.05) is 7.11 Å². The van der Waals surface area contributed by atoms with E-state index >= 15 is 0 Å². The molecule has 0 saturated carbocycles. The van der Waals surface area contributed by atoms with Gasteiger partial charge in [0.15, 0.2) is 0 Å². The van der Waals surface area contributed by atoms with Gasteiger partial charge in [0.05, 0.1) is 7.11 Å². The summed E-state index contributed by atoms with van der Waals surface area (Å²) in [6.45, 7) is 2.46. The average molecular weight is 256 g/mol. The zero-order valence-electron chi connectivity index (χ0n) is 11.1. The van der Waals surface area contributed by atoms with E-state index in [4.69, 9.17) is 9.47 Å². The molecule has 98 valence electrons. The van der Waals surface area contributed by atoms with E-state index < -0.39 is 0 Å². The number of carbonyl (C=O) groups is 1. The molecule has 3 nitrogen and oxygen atoms in total. The number of benzene rings is 2. The number of ether oxygens (including phenoxy) is 2. The molecule has 3 heteroatoms. The summed E-state index contributed by atoms with van der Waals surface area (Å²) >= 11 is 0. The van der Waals surface area contributed by atoms with E-state index in [2.05, 4.69) is 6.07 Å². The molecule has 0 spiro atoms. The number of esters is 1. The molecule has 0 amide bonds. The quantitative estimate of drug-likeness (QED) is 0.787. The highest BCUT2D eigenvalue weighted by Gasteiger charge is 2.11. The Balaban J connectivity index is 2.13. The largest absolute Gasteiger partial charge is 0.488 e. The molecule has 0 saturated heterocycles. The van der Waals surface area contributed by atoms with Gasteiger partial charge in [-0.3, -0.25) is 0 Å². The van der Waals surface area contributed by atoms with Gasteiger partial charge in [-0.2, -0.15) is 0 Å². The van der Waals surface area contributed by atoms with Crippen molar-refractivity contribution >= 4 is 5.97 Å². The Labute approximate surface area is 112 Å². The van der Waals surface area contributed by atoms with E-state index in [1.54, 1.807) is 18.2 Å². The Morgan fingerprint density at radius 1 is 1.11 bits per heavy atom. The number of para-hydroxylation sites is 1. The van der Waals surface area contributed by atoms with E-state index in [0.29, 0.717) is 17.9 Å². The molecule has 0 atom stereocenters. The number of hydrogen-bond donors (Lipinski definition) is 0. The maximum absolute atomic E-state index is 11.6. The van der Waals surface area contributed by atoms with Gasteiger partial charge in [-0.05, 0) is 24.6 Å². The number of methoxy groups -OCH3 is 1. The molecule has 19 heavy (non-hydrogen) atoms. The summed E-state index contributed by atoms with van der Waals surface area (Å²) in [5, 5.41) is 0. The van der Waals surface area contributed by atoms with Crippen LogP contribution in [0.15, 0.2) is 48.5 Å². The summed E-state index contributed by atoms with van der Waals surface area (Å²) in [5.74, 6) is 0.149. The predicted molar refractivity (Wildman–Crippen MR) is 73.3 cm³/mol. The molecule has 2 aromatic carbocycles. The monoisotopic (exact) mass is 256 g/mol. The lowest BCUT2D eigenvalue weighted by Gasteiger charge is -2.10. The highest BCUT2D eigenvalue weighted by atomic mass is 16.5. The Bertz CT molecular complexity index is 576. The fourth-order valence-electron chi connectivity index (χ4n) is 1.83. The minimum atomic E-state index is -0.389. The molecule has 0 heterocycles. The fraction of sp³-hybridized carbons (Fsp3) is 0.188. The van der Waals surface area contributed by atoms with E-state index in [0.717, 1.165) is 5.56 Å². The third kappa shape index (κ3) is 3.35. The first-order valence-electron chi connectivity index (χ1n) is 6.06. The molecule has 0 aliphatic heterocycles. The maximum atomic E-state index is 11.6. The Morgan fingerprint density at radius 3 is 2.63 bits per heavy atom. The second-order valence-electron chi connectivity index (χ2n) is 4.27. The molecule has 2 rings (SSSR count). The summed E-state index contributed by atoms with van der Waals surface area (Å²) < 4.78 is 10.4. The second-order valence-corrected chi connectivity index (χ2v) is 4.27. The lowest BCUT2D eigenvalue weighted by molar-refractivity contribution is 0.0595. The smallest absolute Gasteiger partial charge is 0.341 e. The fourth-order valence-corrected chi connectivity index (χ4v) is 1.83. The van der Waals surface area contributed by atoms with Crippen LogP contribution in [-0.2, 0) is 11.3 Å². The molecule has 0 N–H and O–H groups in total. The van der Waals surface area contributed by atoms with Crippen LogP contribution in [0, 0.1) is 6.92 Å². The minimum Gasteiger partial charge on any atom is -0.488 e. The topological polar surface area (TPSA) is 35.5 Å². The molecule has 0 aliphatic rings. The van der Waals surface area contributed by atoms with Crippen molar-refractivity contribution in [2.45, 2.75) is 13.5 Å². The highest BCUT2D eigenvalue weighted by molar-refractivity contribution is 5.92. The van der Waals surface area contributed by atoms with Gasteiger partial charge in [-0.15, -0.1) is 0 Å².